The lowest BCUT2D eigenvalue weighted by Crippen LogP contribution is -2.38. The lowest BCUT2D eigenvalue weighted by atomic mass is 9.77. The molecule has 81 heavy (non-hydrogen) atoms. The number of nitrogen functional groups attached to an aromatic ring is 2. The van der Waals surface area contributed by atoms with Gasteiger partial charge in [0.05, 0.1) is 24.7 Å². The van der Waals surface area contributed by atoms with Gasteiger partial charge in [0.15, 0.2) is 0 Å². The standard InChI is InChI=1S/C59H60F10N2O10/c60-56(61,58(64,65)66)31-1-33-76-47-25-13-43(14-26-47)53(74)80-49-21-7-39(8-22-49)11-29-51(72)78-37-55(35-41-3-17-45(70)18-4-41,36-42-5-19-46(71)20-6-42)38-79-52(73)30-12-40-9-23-50(24-10-40)81-54(75)44-15-27-48(28-16-44)77-34-2-32-57(62,63)59(67,68)69/h3-7,9,11-13,15,17-21,23,25,27,29-30H,1-2,8,10,14,16,22,24,26,28,31-38,70-71H2. The van der Waals surface area contributed by atoms with Crippen molar-refractivity contribution in [2.24, 2.45) is 5.41 Å². The van der Waals surface area contributed by atoms with Gasteiger partial charge in [-0.1, -0.05) is 48.6 Å². The molecule has 0 radical (unpaired) electrons. The molecular formula is C59H60F10N2O10. The Morgan fingerprint density at radius 3 is 1.14 bits per heavy atom. The lowest BCUT2D eigenvalue weighted by molar-refractivity contribution is -0.285. The smallest absolute Gasteiger partial charge is 0.453 e. The van der Waals surface area contributed by atoms with Gasteiger partial charge >= 0.3 is 48.1 Å². The van der Waals surface area contributed by atoms with E-state index >= 15 is 0 Å². The average Bonchev–Trinajstić information content (AvgIpc) is 3.45. The quantitative estimate of drug-likeness (QED) is 0.0228. The minimum absolute atomic E-state index is 0.195. The molecule has 0 saturated carbocycles. The Balaban J connectivity index is 1.03. The summed E-state index contributed by atoms with van der Waals surface area (Å²) in [6.07, 6.45) is 5.64. The third-order valence-corrected chi connectivity index (χ3v) is 13.2. The molecule has 0 unspecified atom stereocenters. The molecule has 0 heterocycles. The maximum Gasteiger partial charge on any atom is 0.453 e. The summed E-state index contributed by atoms with van der Waals surface area (Å²) in [7, 11) is 0. The molecule has 4 aliphatic carbocycles. The summed E-state index contributed by atoms with van der Waals surface area (Å²) in [5, 5.41) is 0. The van der Waals surface area contributed by atoms with Crippen LogP contribution in [0.2, 0.25) is 0 Å². The van der Waals surface area contributed by atoms with E-state index in [1.54, 1.807) is 60.7 Å². The van der Waals surface area contributed by atoms with E-state index in [9.17, 15) is 63.1 Å². The van der Waals surface area contributed by atoms with Crippen molar-refractivity contribution in [3.8, 4) is 0 Å². The van der Waals surface area contributed by atoms with Gasteiger partial charge in [0, 0.05) is 78.6 Å². The zero-order valence-electron chi connectivity index (χ0n) is 43.8. The molecule has 6 rings (SSSR count). The number of benzene rings is 2. The number of esters is 4. The van der Waals surface area contributed by atoms with Gasteiger partial charge in [0.1, 0.15) is 24.7 Å². The Hall–Kier alpha value is -7.78. The van der Waals surface area contributed by atoms with Crippen LogP contribution in [0.3, 0.4) is 0 Å². The zero-order chi connectivity index (χ0) is 58.9. The molecule has 0 fully saturated rings. The maximum atomic E-state index is 13.4. The van der Waals surface area contributed by atoms with Gasteiger partial charge in [-0.3, -0.25) is 0 Å². The Morgan fingerprint density at radius 2 is 0.815 bits per heavy atom. The summed E-state index contributed by atoms with van der Waals surface area (Å²) < 4.78 is 161. The Labute approximate surface area is 460 Å². The van der Waals surface area contributed by atoms with Crippen LogP contribution in [0.5, 0.6) is 0 Å². The van der Waals surface area contributed by atoms with Crippen LogP contribution in [0.4, 0.5) is 55.3 Å². The summed E-state index contributed by atoms with van der Waals surface area (Å²) in [5.74, 6) is -10.8. The van der Waals surface area contributed by atoms with Crippen molar-refractivity contribution in [1.29, 1.82) is 0 Å². The van der Waals surface area contributed by atoms with E-state index in [-0.39, 0.29) is 65.0 Å². The molecule has 12 nitrogen and oxygen atoms in total. The molecule has 0 saturated heterocycles. The molecule has 4 N–H and O–H groups in total. The number of carbonyl (C=O) groups excluding carboxylic acids is 4. The van der Waals surface area contributed by atoms with Crippen LogP contribution in [-0.2, 0) is 60.4 Å². The normalized spacial score (nSPS) is 16.4. The van der Waals surface area contributed by atoms with Gasteiger partial charge in [-0.05, 0) is 134 Å². The van der Waals surface area contributed by atoms with Crippen LogP contribution in [0, 0.1) is 5.41 Å². The average molecular weight is 1150 g/mol. The highest BCUT2D eigenvalue weighted by Gasteiger charge is 2.57. The first-order chi connectivity index (χ1) is 38.3. The third-order valence-electron chi connectivity index (χ3n) is 13.2. The first-order valence-electron chi connectivity index (χ1n) is 25.8. The first-order valence-corrected chi connectivity index (χ1v) is 25.8. The highest BCUT2D eigenvalue weighted by Crippen LogP contribution is 2.40. The van der Waals surface area contributed by atoms with Crippen molar-refractivity contribution >= 4 is 35.3 Å². The number of hydrogen-bond donors (Lipinski definition) is 2. The van der Waals surface area contributed by atoms with Gasteiger partial charge in [0.2, 0.25) is 0 Å². The molecule has 0 bridgehead atoms. The zero-order valence-corrected chi connectivity index (χ0v) is 43.8. The minimum atomic E-state index is -5.64. The van der Waals surface area contributed by atoms with Crippen LogP contribution in [-0.4, -0.2) is 74.5 Å². The summed E-state index contributed by atoms with van der Waals surface area (Å²) in [6, 6.07) is 14.2. The fraction of sp³-hybridized carbons (Fsp3) is 0.390. The van der Waals surface area contributed by atoms with E-state index < -0.39 is 79.2 Å². The number of alkyl halides is 10. The van der Waals surface area contributed by atoms with Crippen LogP contribution in [0.1, 0.15) is 88.2 Å². The molecular weight excluding hydrogens is 1090 g/mol. The fourth-order valence-corrected chi connectivity index (χ4v) is 8.52. The number of ether oxygens (including phenoxy) is 6. The van der Waals surface area contributed by atoms with Crippen molar-refractivity contribution in [2.45, 2.75) is 114 Å². The van der Waals surface area contributed by atoms with E-state index in [1.807, 2.05) is 24.3 Å². The maximum absolute atomic E-state index is 13.4. The second kappa shape index (κ2) is 28.1. The highest BCUT2D eigenvalue weighted by atomic mass is 19.4. The molecule has 2 aromatic rings. The van der Waals surface area contributed by atoms with Crippen LogP contribution >= 0.6 is 0 Å². The molecule has 0 aliphatic heterocycles. The number of anilines is 2. The molecule has 436 valence electrons. The second-order valence-electron chi connectivity index (χ2n) is 19.7. The van der Waals surface area contributed by atoms with E-state index in [0.717, 1.165) is 22.3 Å². The Bertz CT molecular complexity index is 2710. The molecule has 0 aromatic heterocycles. The highest BCUT2D eigenvalue weighted by molar-refractivity contribution is 5.90. The number of hydrogen-bond acceptors (Lipinski definition) is 12. The monoisotopic (exact) mass is 1150 g/mol. The topological polar surface area (TPSA) is 176 Å². The predicted molar refractivity (Wildman–Crippen MR) is 278 cm³/mol. The Morgan fingerprint density at radius 1 is 0.457 bits per heavy atom. The molecule has 2 aromatic carbocycles. The molecule has 0 atom stereocenters. The van der Waals surface area contributed by atoms with Crippen LogP contribution < -0.4 is 11.5 Å². The molecule has 0 amide bonds. The summed E-state index contributed by atoms with van der Waals surface area (Å²) >= 11 is 0. The third kappa shape index (κ3) is 19.8. The SMILES string of the molecule is Nc1ccc(CC(COC(=O)C=CC2=CC=C(OC(=O)C3=CC=C(OCCCC(F)(F)C(F)(F)F)CC3)CC2)(COC(=O)C=CC2=CC=C(OC(=O)C3=CC=C(OCCCC(F)(F)C(F)(F)F)CC3)CC2)Cc2ccc(N)cc2)cc1. The summed E-state index contributed by atoms with van der Waals surface area (Å²) in [5.41, 5.74) is 15.7. The molecule has 0 spiro atoms. The largest absolute Gasteiger partial charge is 0.498 e. The van der Waals surface area contributed by atoms with Crippen molar-refractivity contribution in [2.75, 3.05) is 37.9 Å². The first kappa shape index (κ1) is 62.4. The lowest BCUT2D eigenvalue weighted by Gasteiger charge is -2.33. The van der Waals surface area contributed by atoms with Crippen molar-refractivity contribution in [3.63, 3.8) is 0 Å². The molecule has 4 aliphatic rings. The fourth-order valence-electron chi connectivity index (χ4n) is 8.52. The van der Waals surface area contributed by atoms with E-state index in [0.29, 0.717) is 71.2 Å². The molecule has 22 heteroatoms. The van der Waals surface area contributed by atoms with Crippen molar-refractivity contribution in [1.82, 2.24) is 0 Å². The number of rotatable bonds is 26. The number of allylic oxidation sites excluding steroid dienone is 16. The van der Waals surface area contributed by atoms with Crippen LogP contribution in [0.25, 0.3) is 0 Å². The number of carbonyl (C=O) groups is 4. The van der Waals surface area contributed by atoms with Gasteiger partial charge in [0.25, 0.3) is 0 Å². The number of halogens is 10. The Kier molecular flexibility index (Phi) is 21.6. The predicted octanol–water partition coefficient (Wildman–Crippen LogP) is 13.3. The van der Waals surface area contributed by atoms with E-state index in [4.69, 9.17) is 39.9 Å². The van der Waals surface area contributed by atoms with Crippen molar-refractivity contribution in [3.05, 3.63) is 178 Å². The minimum Gasteiger partial charge on any atom is -0.498 e. The van der Waals surface area contributed by atoms with Gasteiger partial charge < -0.3 is 39.9 Å². The van der Waals surface area contributed by atoms with Crippen LogP contribution in [0.15, 0.2) is 167 Å². The van der Waals surface area contributed by atoms with Gasteiger partial charge in [-0.15, -0.1) is 0 Å². The number of nitrogens with two attached hydrogens (primary N) is 2. The van der Waals surface area contributed by atoms with E-state index in [1.165, 1.54) is 36.5 Å². The van der Waals surface area contributed by atoms with Gasteiger partial charge in [-0.2, -0.15) is 43.9 Å². The van der Waals surface area contributed by atoms with E-state index in [2.05, 4.69) is 0 Å². The second-order valence-corrected chi connectivity index (χ2v) is 19.7. The van der Waals surface area contributed by atoms with Crippen molar-refractivity contribution < 1.29 is 91.5 Å². The van der Waals surface area contributed by atoms with Gasteiger partial charge in [-0.25, -0.2) is 19.2 Å². The summed E-state index contributed by atoms with van der Waals surface area (Å²) in [4.78, 5) is 52.6. The summed E-state index contributed by atoms with van der Waals surface area (Å²) in [6.45, 7) is -1.09.